The molecule has 28 heavy (non-hydrogen) atoms. The summed E-state index contributed by atoms with van der Waals surface area (Å²) in [6.45, 7) is 2.03. The van der Waals surface area contributed by atoms with E-state index < -0.39 is 21.6 Å². The summed E-state index contributed by atoms with van der Waals surface area (Å²) in [5.41, 5.74) is 0.251. The van der Waals surface area contributed by atoms with Gasteiger partial charge in [-0.15, -0.1) is 0 Å². The first-order valence-corrected chi connectivity index (χ1v) is 12.0. The lowest BCUT2D eigenvalue weighted by atomic mass is 9.80. The molecule has 0 radical (unpaired) electrons. The molecule has 156 valence electrons. The van der Waals surface area contributed by atoms with E-state index in [4.69, 9.17) is 0 Å². The van der Waals surface area contributed by atoms with Crippen molar-refractivity contribution in [3.8, 4) is 0 Å². The van der Waals surface area contributed by atoms with Crippen LogP contribution in [0.4, 0.5) is 13.2 Å². The summed E-state index contributed by atoms with van der Waals surface area (Å²) in [6, 6.07) is 3.17. The molecular formula is C20H27F3N2O2S. The number of nitrogens with zero attached hydrogens (tertiary/aromatic N) is 2. The second-order valence-corrected chi connectivity index (χ2v) is 11.2. The van der Waals surface area contributed by atoms with E-state index in [0.29, 0.717) is 17.5 Å². The third-order valence-electron chi connectivity index (χ3n) is 7.10. The summed E-state index contributed by atoms with van der Waals surface area (Å²) in [7, 11) is -2.83. The number of pyridine rings is 1. The van der Waals surface area contributed by atoms with Crippen LogP contribution in [-0.4, -0.2) is 48.9 Å². The van der Waals surface area contributed by atoms with Crippen LogP contribution in [0, 0.1) is 5.41 Å². The molecule has 1 aliphatic carbocycles. The molecule has 0 atom stereocenters. The van der Waals surface area contributed by atoms with Gasteiger partial charge in [0.15, 0.2) is 0 Å². The maximum absolute atomic E-state index is 12.7. The van der Waals surface area contributed by atoms with Crippen molar-refractivity contribution in [3.05, 3.63) is 29.6 Å². The molecule has 0 N–H and O–H groups in total. The number of rotatable bonds is 2. The number of alkyl halides is 3. The average Bonchev–Trinajstić information content (AvgIpc) is 3.09. The van der Waals surface area contributed by atoms with Crippen LogP contribution in [0.5, 0.6) is 0 Å². The van der Waals surface area contributed by atoms with Crippen molar-refractivity contribution >= 4 is 9.84 Å². The van der Waals surface area contributed by atoms with Crippen LogP contribution >= 0.6 is 0 Å². The van der Waals surface area contributed by atoms with Crippen LogP contribution < -0.4 is 0 Å². The van der Waals surface area contributed by atoms with E-state index >= 15 is 0 Å². The first-order valence-electron chi connectivity index (χ1n) is 10.1. The van der Waals surface area contributed by atoms with Gasteiger partial charge in [-0.2, -0.15) is 13.2 Å². The van der Waals surface area contributed by atoms with Gasteiger partial charge in [0.2, 0.25) is 0 Å². The van der Waals surface area contributed by atoms with Gasteiger partial charge >= 0.3 is 6.18 Å². The van der Waals surface area contributed by atoms with Gasteiger partial charge in [0, 0.05) is 30.4 Å². The van der Waals surface area contributed by atoms with Crippen molar-refractivity contribution in [1.29, 1.82) is 0 Å². The minimum Gasteiger partial charge on any atom is -0.300 e. The second-order valence-electron chi connectivity index (χ2n) is 8.85. The van der Waals surface area contributed by atoms with Crippen LogP contribution in [0.15, 0.2) is 18.3 Å². The van der Waals surface area contributed by atoms with Gasteiger partial charge in [-0.25, -0.2) is 8.42 Å². The fourth-order valence-corrected chi connectivity index (χ4v) is 6.90. The van der Waals surface area contributed by atoms with Crippen molar-refractivity contribution < 1.29 is 21.6 Å². The van der Waals surface area contributed by atoms with E-state index in [1.54, 1.807) is 0 Å². The Bertz CT molecular complexity index is 786. The first kappa shape index (κ1) is 20.1. The molecule has 2 saturated heterocycles. The topological polar surface area (TPSA) is 50.3 Å². The summed E-state index contributed by atoms with van der Waals surface area (Å²) >= 11 is 0. The van der Waals surface area contributed by atoms with Crippen LogP contribution in [-0.2, 0) is 16.0 Å². The quantitative estimate of drug-likeness (QED) is 0.731. The van der Waals surface area contributed by atoms with E-state index in [2.05, 4.69) is 9.88 Å². The Balaban J connectivity index is 1.31. The maximum Gasteiger partial charge on any atom is 0.417 e. The number of aromatic nitrogens is 1. The molecule has 3 heterocycles. The molecule has 1 saturated carbocycles. The Morgan fingerprint density at radius 3 is 2.29 bits per heavy atom. The van der Waals surface area contributed by atoms with Gasteiger partial charge < -0.3 is 0 Å². The van der Waals surface area contributed by atoms with Crippen molar-refractivity contribution in [3.63, 3.8) is 0 Å². The highest BCUT2D eigenvalue weighted by Gasteiger charge is 2.44. The summed E-state index contributed by atoms with van der Waals surface area (Å²) < 4.78 is 61.6. The van der Waals surface area contributed by atoms with E-state index in [1.807, 2.05) is 0 Å². The Hall–Kier alpha value is -1.15. The van der Waals surface area contributed by atoms with Crippen LogP contribution in [0.3, 0.4) is 0 Å². The Kier molecular flexibility index (Phi) is 5.23. The average molecular weight is 417 g/mol. The molecule has 0 amide bonds. The first-order chi connectivity index (χ1) is 13.2. The fraction of sp³-hybridized carbons (Fsp3) is 0.750. The highest BCUT2D eigenvalue weighted by atomic mass is 32.2. The largest absolute Gasteiger partial charge is 0.417 e. The van der Waals surface area contributed by atoms with Crippen LogP contribution in [0.2, 0.25) is 0 Å². The zero-order chi connectivity index (χ0) is 20.0. The predicted octanol–water partition coefficient (Wildman–Crippen LogP) is 4.03. The second kappa shape index (κ2) is 7.27. The zero-order valence-electron chi connectivity index (χ0n) is 15.9. The molecule has 8 heteroatoms. The van der Waals surface area contributed by atoms with E-state index in [0.717, 1.165) is 76.0 Å². The number of hydrogen-bond donors (Lipinski definition) is 0. The summed E-state index contributed by atoms with van der Waals surface area (Å²) in [5, 5.41) is 0. The zero-order valence-corrected chi connectivity index (χ0v) is 16.7. The molecule has 3 aliphatic rings. The predicted molar refractivity (Wildman–Crippen MR) is 101 cm³/mol. The van der Waals surface area contributed by atoms with Crippen LogP contribution in [0.25, 0.3) is 0 Å². The molecule has 0 aromatic carbocycles. The molecule has 4 nitrogen and oxygen atoms in total. The molecule has 0 unspecified atom stereocenters. The normalized spacial score (nSPS) is 30.5. The SMILES string of the molecule is O=S1(=O)CCC2(CCN([C@H]3CC[C@@H](c4ccc(C(F)(F)F)cn4)CC3)C2)CC1. The van der Waals surface area contributed by atoms with Gasteiger partial charge in [-0.05, 0) is 69.0 Å². The molecule has 3 fully saturated rings. The Labute approximate surface area is 164 Å². The van der Waals surface area contributed by atoms with Crippen LogP contribution in [0.1, 0.15) is 62.1 Å². The van der Waals surface area contributed by atoms with Crippen molar-refractivity contribution in [1.82, 2.24) is 9.88 Å². The molecule has 2 aliphatic heterocycles. The van der Waals surface area contributed by atoms with Gasteiger partial charge in [0.05, 0.1) is 17.1 Å². The third-order valence-corrected chi connectivity index (χ3v) is 8.75. The van der Waals surface area contributed by atoms with E-state index in [1.165, 1.54) is 6.07 Å². The Morgan fingerprint density at radius 1 is 1.04 bits per heavy atom. The van der Waals surface area contributed by atoms with Gasteiger partial charge in [-0.3, -0.25) is 9.88 Å². The number of likely N-dealkylation sites (tertiary alicyclic amines) is 1. The Morgan fingerprint density at radius 2 is 1.71 bits per heavy atom. The lowest BCUT2D eigenvalue weighted by Gasteiger charge is -2.37. The van der Waals surface area contributed by atoms with Crippen molar-refractivity contribution in [2.24, 2.45) is 5.41 Å². The maximum atomic E-state index is 12.7. The van der Waals surface area contributed by atoms with Crippen molar-refractivity contribution in [2.45, 2.75) is 63.1 Å². The number of hydrogen-bond acceptors (Lipinski definition) is 4. The lowest BCUT2D eigenvalue weighted by molar-refractivity contribution is -0.137. The smallest absolute Gasteiger partial charge is 0.300 e. The minimum atomic E-state index is -4.34. The standard InChI is InChI=1S/C20H27F3N2O2S/c21-20(22,23)16-3-6-18(24-13-16)15-1-4-17(5-2-15)25-10-7-19(14-25)8-11-28(26,27)12-9-19/h3,6,13,15,17H,1-2,4-5,7-12,14H2/t15-,17+. The summed E-state index contributed by atoms with van der Waals surface area (Å²) in [6.07, 6.45) is 3.22. The lowest BCUT2D eigenvalue weighted by Crippen LogP contribution is -2.40. The minimum absolute atomic E-state index is 0.178. The van der Waals surface area contributed by atoms with Gasteiger partial charge in [-0.1, -0.05) is 0 Å². The van der Waals surface area contributed by atoms with Gasteiger partial charge in [0.25, 0.3) is 0 Å². The van der Waals surface area contributed by atoms with E-state index in [9.17, 15) is 21.6 Å². The van der Waals surface area contributed by atoms with Gasteiger partial charge in [0.1, 0.15) is 9.84 Å². The number of sulfone groups is 1. The van der Waals surface area contributed by atoms with Crippen molar-refractivity contribution in [2.75, 3.05) is 24.6 Å². The molecule has 0 bridgehead atoms. The molecule has 4 rings (SSSR count). The highest BCUT2D eigenvalue weighted by molar-refractivity contribution is 7.91. The molecule has 1 aromatic heterocycles. The number of halogens is 3. The molecule has 1 spiro atoms. The highest BCUT2D eigenvalue weighted by Crippen LogP contribution is 2.44. The molecular weight excluding hydrogens is 389 g/mol. The fourth-order valence-electron chi connectivity index (χ4n) is 5.21. The third kappa shape index (κ3) is 4.22. The molecule has 1 aromatic rings. The monoisotopic (exact) mass is 416 g/mol. The summed E-state index contributed by atoms with van der Waals surface area (Å²) in [5.74, 6) is 0.885. The van der Waals surface area contributed by atoms with E-state index in [-0.39, 0.29) is 11.3 Å². The summed E-state index contributed by atoms with van der Waals surface area (Å²) in [4.78, 5) is 6.62.